The first kappa shape index (κ1) is 8.98. The van der Waals surface area contributed by atoms with Crippen LogP contribution < -0.4 is 0 Å². The highest BCUT2D eigenvalue weighted by Gasteiger charge is 2.09. The van der Waals surface area contributed by atoms with E-state index in [2.05, 4.69) is 47.5 Å². The van der Waals surface area contributed by atoms with Gasteiger partial charge in [-0.25, -0.2) is 0 Å². The van der Waals surface area contributed by atoms with Gasteiger partial charge in [0.2, 0.25) is 0 Å². The van der Waals surface area contributed by atoms with Crippen LogP contribution in [-0.2, 0) is 0 Å². The van der Waals surface area contributed by atoms with Crippen molar-refractivity contribution < 1.29 is 0 Å². The molecule has 15 heavy (non-hydrogen) atoms. The summed E-state index contributed by atoms with van der Waals surface area (Å²) in [6, 6.07) is 14.9. The molecule has 0 unspecified atom stereocenters. The number of thioether (sulfide) groups is 1. The van der Waals surface area contributed by atoms with Crippen molar-refractivity contribution in [3.8, 4) is 0 Å². The average molecular weight is 212 g/mol. The molecule has 2 heteroatoms. The average Bonchev–Trinajstić information content (AvgIpc) is 2.82. The van der Waals surface area contributed by atoms with E-state index in [0.717, 1.165) is 10.8 Å². The Labute approximate surface area is 93.2 Å². The molecular weight excluding hydrogens is 202 g/mol. The van der Waals surface area contributed by atoms with Gasteiger partial charge in [-0.15, -0.1) is 11.8 Å². The van der Waals surface area contributed by atoms with Crippen molar-refractivity contribution in [2.45, 2.75) is 0 Å². The highest BCUT2D eigenvalue weighted by Crippen LogP contribution is 2.24. The molecule has 0 bridgehead atoms. The third kappa shape index (κ3) is 1.65. The van der Waals surface area contributed by atoms with Crippen molar-refractivity contribution in [2.75, 3.05) is 5.75 Å². The largest absolute Gasteiger partial charge is 0.271 e. The highest BCUT2D eigenvalue weighted by atomic mass is 32.2. The van der Waals surface area contributed by atoms with Crippen LogP contribution >= 0.6 is 11.8 Å². The molecule has 0 saturated carbocycles. The second-order valence-electron chi connectivity index (χ2n) is 3.49. The van der Waals surface area contributed by atoms with E-state index in [1.54, 1.807) is 11.8 Å². The van der Waals surface area contributed by atoms with Crippen LogP contribution in [-0.4, -0.2) is 10.8 Å². The van der Waals surface area contributed by atoms with Gasteiger partial charge in [0.05, 0.1) is 11.6 Å². The fourth-order valence-corrected chi connectivity index (χ4v) is 2.50. The molecular formula is C13H10NS. The van der Waals surface area contributed by atoms with Crippen LogP contribution in [0.5, 0.6) is 0 Å². The van der Waals surface area contributed by atoms with E-state index in [1.165, 1.54) is 16.3 Å². The Bertz CT molecular complexity index is 531. The number of nitrogens with zero attached hydrogens (tertiary/aromatic N) is 1. The molecule has 0 fully saturated rings. The summed E-state index contributed by atoms with van der Waals surface area (Å²) in [6.45, 7) is 1.97. The number of aliphatic imine (C=N–C) groups is 1. The van der Waals surface area contributed by atoms with Gasteiger partial charge in [-0.05, 0) is 16.8 Å². The fraction of sp³-hybridized carbons (Fsp3) is 0.0769. The molecule has 1 heterocycles. The summed E-state index contributed by atoms with van der Waals surface area (Å²) in [5.74, 6) is 1.00. The number of fused-ring (bicyclic) bond motifs is 1. The van der Waals surface area contributed by atoms with Crippen LogP contribution in [0.3, 0.4) is 0 Å². The first-order chi connectivity index (χ1) is 7.43. The van der Waals surface area contributed by atoms with E-state index in [-0.39, 0.29) is 0 Å². The topological polar surface area (TPSA) is 12.4 Å². The van der Waals surface area contributed by atoms with Gasteiger partial charge in [0, 0.05) is 11.3 Å². The molecule has 1 nitrogen and oxygen atoms in total. The molecule has 0 aliphatic carbocycles. The van der Waals surface area contributed by atoms with E-state index in [9.17, 15) is 0 Å². The van der Waals surface area contributed by atoms with E-state index in [0.29, 0.717) is 0 Å². The maximum atomic E-state index is 4.37. The lowest BCUT2D eigenvalue weighted by Gasteiger charge is -2.02. The Morgan fingerprint density at radius 2 is 1.87 bits per heavy atom. The summed E-state index contributed by atoms with van der Waals surface area (Å²) in [4.78, 5) is 4.37. The van der Waals surface area contributed by atoms with E-state index >= 15 is 0 Å². The number of rotatable bonds is 1. The molecule has 3 rings (SSSR count). The van der Waals surface area contributed by atoms with Crippen LogP contribution in [0.1, 0.15) is 5.56 Å². The van der Waals surface area contributed by atoms with Crippen LogP contribution in [0, 0.1) is 6.54 Å². The Morgan fingerprint density at radius 1 is 1.00 bits per heavy atom. The third-order valence-corrected chi connectivity index (χ3v) is 3.43. The number of hydrogen-bond donors (Lipinski definition) is 0. The van der Waals surface area contributed by atoms with Gasteiger partial charge in [0.1, 0.15) is 0 Å². The maximum Gasteiger partial charge on any atom is 0.0982 e. The van der Waals surface area contributed by atoms with E-state index in [1.807, 2.05) is 6.54 Å². The smallest absolute Gasteiger partial charge is 0.0982 e. The van der Waals surface area contributed by atoms with Gasteiger partial charge in [-0.2, -0.15) is 0 Å². The molecule has 73 valence electrons. The van der Waals surface area contributed by atoms with Crippen LogP contribution in [0.15, 0.2) is 47.5 Å². The second-order valence-corrected chi connectivity index (χ2v) is 4.50. The zero-order chi connectivity index (χ0) is 10.1. The summed E-state index contributed by atoms with van der Waals surface area (Å²) in [6.07, 6.45) is 0. The molecule has 1 radical (unpaired) electrons. The quantitative estimate of drug-likeness (QED) is 0.704. The van der Waals surface area contributed by atoms with E-state index < -0.39 is 0 Å². The van der Waals surface area contributed by atoms with Gasteiger partial charge in [-0.3, -0.25) is 4.99 Å². The SMILES string of the molecule is [CH]1CSC(c2ccc3ccccc3c2)=N1. The molecule has 0 N–H and O–H groups in total. The molecule has 1 aliphatic rings. The summed E-state index contributed by atoms with van der Waals surface area (Å²) in [5.41, 5.74) is 1.23. The lowest BCUT2D eigenvalue weighted by molar-refractivity contribution is 1.36. The molecule has 0 aromatic heterocycles. The van der Waals surface area contributed by atoms with Crippen molar-refractivity contribution in [3.05, 3.63) is 54.6 Å². The van der Waals surface area contributed by atoms with E-state index in [4.69, 9.17) is 0 Å². The normalized spacial score (nSPS) is 15.6. The Hall–Kier alpha value is -1.28. The zero-order valence-electron chi connectivity index (χ0n) is 8.18. The number of hydrogen-bond acceptors (Lipinski definition) is 2. The van der Waals surface area contributed by atoms with Crippen molar-refractivity contribution in [1.82, 2.24) is 0 Å². The molecule has 0 spiro atoms. The van der Waals surface area contributed by atoms with Crippen LogP contribution in [0.4, 0.5) is 0 Å². The zero-order valence-corrected chi connectivity index (χ0v) is 9.00. The molecule has 0 saturated heterocycles. The Balaban J connectivity index is 2.13. The summed E-state index contributed by atoms with van der Waals surface area (Å²) >= 11 is 1.80. The Morgan fingerprint density at radius 3 is 2.67 bits per heavy atom. The van der Waals surface area contributed by atoms with Crippen molar-refractivity contribution in [1.29, 1.82) is 0 Å². The highest BCUT2D eigenvalue weighted by molar-refractivity contribution is 8.14. The second kappa shape index (κ2) is 3.70. The van der Waals surface area contributed by atoms with Gasteiger partial charge in [0.15, 0.2) is 0 Å². The number of benzene rings is 2. The lowest BCUT2D eigenvalue weighted by Crippen LogP contribution is -1.90. The van der Waals surface area contributed by atoms with Crippen LogP contribution in [0.25, 0.3) is 10.8 Å². The first-order valence-electron chi connectivity index (χ1n) is 4.95. The summed E-state index contributed by atoms with van der Waals surface area (Å²) in [5, 5.41) is 3.71. The monoisotopic (exact) mass is 212 g/mol. The van der Waals surface area contributed by atoms with Gasteiger partial charge in [-0.1, -0.05) is 36.4 Å². The third-order valence-electron chi connectivity index (χ3n) is 2.50. The molecule has 0 amide bonds. The standard InChI is InChI=1S/C13H10NS/c1-2-4-11-9-12(6-5-10(11)3-1)13-14-7-8-15-13/h1-7,9H,8H2. The maximum absolute atomic E-state index is 4.37. The van der Waals surface area contributed by atoms with Crippen molar-refractivity contribution in [3.63, 3.8) is 0 Å². The molecule has 0 atom stereocenters. The Kier molecular flexibility index (Phi) is 2.22. The predicted octanol–water partition coefficient (Wildman–Crippen LogP) is 3.49. The van der Waals surface area contributed by atoms with Crippen molar-refractivity contribution >= 4 is 27.6 Å². The first-order valence-corrected chi connectivity index (χ1v) is 5.93. The summed E-state index contributed by atoms with van der Waals surface area (Å²) in [7, 11) is 0. The lowest BCUT2D eigenvalue weighted by atomic mass is 10.1. The van der Waals surface area contributed by atoms with Gasteiger partial charge < -0.3 is 0 Å². The predicted molar refractivity (Wildman–Crippen MR) is 67.2 cm³/mol. The molecule has 2 aromatic carbocycles. The minimum Gasteiger partial charge on any atom is -0.271 e. The van der Waals surface area contributed by atoms with Crippen LogP contribution in [0.2, 0.25) is 0 Å². The van der Waals surface area contributed by atoms with Gasteiger partial charge >= 0.3 is 0 Å². The molecule has 1 aliphatic heterocycles. The summed E-state index contributed by atoms with van der Waals surface area (Å²) < 4.78 is 0. The molecule has 2 aromatic rings. The minimum atomic E-state index is 1.00. The van der Waals surface area contributed by atoms with Gasteiger partial charge in [0.25, 0.3) is 0 Å². The van der Waals surface area contributed by atoms with Crippen molar-refractivity contribution in [2.24, 2.45) is 4.99 Å². The fourth-order valence-electron chi connectivity index (χ4n) is 1.75. The minimum absolute atomic E-state index is 1.00.